The molecule has 1 heterocycles. The molecule has 2 rings (SSSR count). The molecule has 2 aromatic rings. The highest BCUT2D eigenvalue weighted by Gasteiger charge is 2.10. The Kier molecular flexibility index (Phi) is 3.95. The topological polar surface area (TPSA) is 59.1 Å². The lowest BCUT2D eigenvalue weighted by molar-refractivity contribution is 0.459. The maximum atomic E-state index is 9.73. The van der Waals surface area contributed by atoms with Gasteiger partial charge in [-0.3, -0.25) is 4.98 Å². The molecule has 1 unspecified atom stereocenters. The fourth-order valence-electron chi connectivity index (χ4n) is 1.99. The first-order chi connectivity index (χ1) is 8.65. The summed E-state index contributed by atoms with van der Waals surface area (Å²) in [5, 5.41) is 9.73. The summed E-state index contributed by atoms with van der Waals surface area (Å²) in [7, 11) is 0. The van der Waals surface area contributed by atoms with Gasteiger partial charge in [0.05, 0.1) is 5.69 Å². The van der Waals surface area contributed by atoms with Crippen LogP contribution in [0.3, 0.4) is 0 Å². The van der Waals surface area contributed by atoms with Crippen LogP contribution >= 0.6 is 0 Å². The van der Waals surface area contributed by atoms with Crippen LogP contribution in [0.1, 0.15) is 17.0 Å². The molecule has 0 saturated heterocycles. The number of pyridine rings is 1. The molecule has 0 saturated carbocycles. The lowest BCUT2D eigenvalue weighted by Gasteiger charge is -2.12. The number of aromatic nitrogens is 1. The lowest BCUT2D eigenvalue weighted by atomic mass is 10.0. The molecule has 1 aromatic heterocycles. The van der Waals surface area contributed by atoms with E-state index in [0.29, 0.717) is 12.1 Å². The van der Waals surface area contributed by atoms with E-state index in [4.69, 9.17) is 5.73 Å². The summed E-state index contributed by atoms with van der Waals surface area (Å²) in [6, 6.07) is 13.5. The average Bonchev–Trinajstić information content (AvgIpc) is 2.35. The lowest BCUT2D eigenvalue weighted by Crippen LogP contribution is -2.26. The Morgan fingerprint density at radius 2 is 1.83 bits per heavy atom. The van der Waals surface area contributed by atoms with Crippen molar-refractivity contribution < 1.29 is 5.11 Å². The second-order valence-corrected chi connectivity index (χ2v) is 4.57. The minimum atomic E-state index is -0.0346. The molecule has 0 bridgehead atoms. The Morgan fingerprint density at radius 1 is 1.11 bits per heavy atom. The highest BCUT2D eigenvalue weighted by molar-refractivity contribution is 5.28. The van der Waals surface area contributed by atoms with Crippen LogP contribution < -0.4 is 5.73 Å². The standard InChI is InChI=1S/C15H18N2O/c1-11-7-8-15(18)14(17-11)10-13(16)9-12-5-3-2-4-6-12/h2-8,13,18H,9-10,16H2,1H3. The average molecular weight is 242 g/mol. The summed E-state index contributed by atoms with van der Waals surface area (Å²) in [5.41, 5.74) is 8.89. The van der Waals surface area contributed by atoms with E-state index < -0.39 is 0 Å². The maximum absolute atomic E-state index is 9.73. The Hall–Kier alpha value is -1.87. The predicted octanol–water partition coefficient (Wildman–Crippen LogP) is 2.21. The van der Waals surface area contributed by atoms with Crippen LogP contribution in [0.2, 0.25) is 0 Å². The minimum absolute atomic E-state index is 0.0346. The van der Waals surface area contributed by atoms with Crippen molar-refractivity contribution >= 4 is 0 Å². The molecule has 0 amide bonds. The number of rotatable bonds is 4. The first-order valence-corrected chi connectivity index (χ1v) is 6.10. The number of aromatic hydroxyl groups is 1. The van der Waals surface area contributed by atoms with E-state index in [2.05, 4.69) is 17.1 Å². The van der Waals surface area contributed by atoms with E-state index in [0.717, 1.165) is 12.1 Å². The second-order valence-electron chi connectivity index (χ2n) is 4.57. The third-order valence-corrected chi connectivity index (χ3v) is 2.89. The number of nitrogens with zero attached hydrogens (tertiary/aromatic N) is 1. The van der Waals surface area contributed by atoms with Crippen molar-refractivity contribution in [3.05, 3.63) is 59.4 Å². The normalized spacial score (nSPS) is 12.3. The molecule has 1 atom stereocenters. The molecule has 0 aliphatic heterocycles. The van der Waals surface area contributed by atoms with E-state index in [1.54, 1.807) is 12.1 Å². The first kappa shape index (κ1) is 12.6. The van der Waals surface area contributed by atoms with E-state index in [1.807, 2.05) is 25.1 Å². The van der Waals surface area contributed by atoms with Gasteiger partial charge in [0.1, 0.15) is 5.75 Å². The summed E-state index contributed by atoms with van der Waals surface area (Å²) < 4.78 is 0. The molecule has 18 heavy (non-hydrogen) atoms. The highest BCUT2D eigenvalue weighted by Crippen LogP contribution is 2.17. The monoisotopic (exact) mass is 242 g/mol. The summed E-state index contributed by atoms with van der Waals surface area (Å²) in [6.07, 6.45) is 1.37. The van der Waals surface area contributed by atoms with Crippen LogP contribution in [-0.2, 0) is 12.8 Å². The van der Waals surface area contributed by atoms with Gasteiger partial charge in [0.25, 0.3) is 0 Å². The van der Waals surface area contributed by atoms with Crippen molar-refractivity contribution in [3.8, 4) is 5.75 Å². The zero-order valence-corrected chi connectivity index (χ0v) is 10.5. The molecule has 3 heteroatoms. The van der Waals surface area contributed by atoms with Crippen molar-refractivity contribution in [1.29, 1.82) is 0 Å². The predicted molar refractivity (Wildman–Crippen MR) is 72.5 cm³/mol. The number of aryl methyl sites for hydroxylation is 1. The van der Waals surface area contributed by atoms with Crippen molar-refractivity contribution in [1.82, 2.24) is 4.98 Å². The summed E-state index contributed by atoms with van der Waals surface area (Å²) in [4.78, 5) is 4.32. The SMILES string of the molecule is Cc1ccc(O)c(CC(N)Cc2ccccc2)n1. The molecular formula is C15H18N2O. The summed E-state index contributed by atoms with van der Waals surface area (Å²) >= 11 is 0. The Morgan fingerprint density at radius 3 is 2.56 bits per heavy atom. The van der Waals surface area contributed by atoms with Gasteiger partial charge in [-0.05, 0) is 31.0 Å². The van der Waals surface area contributed by atoms with Gasteiger partial charge in [-0.25, -0.2) is 0 Å². The van der Waals surface area contributed by atoms with Gasteiger partial charge < -0.3 is 10.8 Å². The van der Waals surface area contributed by atoms with Crippen molar-refractivity contribution in [3.63, 3.8) is 0 Å². The molecule has 0 aliphatic rings. The van der Waals surface area contributed by atoms with E-state index >= 15 is 0 Å². The first-order valence-electron chi connectivity index (χ1n) is 6.10. The molecule has 0 spiro atoms. The number of hydrogen-bond donors (Lipinski definition) is 2. The van der Waals surface area contributed by atoms with Crippen LogP contribution in [0.5, 0.6) is 5.75 Å². The molecule has 0 aliphatic carbocycles. The van der Waals surface area contributed by atoms with Gasteiger partial charge in [0, 0.05) is 18.2 Å². The number of benzene rings is 1. The van der Waals surface area contributed by atoms with Gasteiger partial charge >= 0.3 is 0 Å². The third kappa shape index (κ3) is 3.31. The van der Waals surface area contributed by atoms with E-state index in [-0.39, 0.29) is 11.8 Å². The minimum Gasteiger partial charge on any atom is -0.506 e. The van der Waals surface area contributed by atoms with Crippen LogP contribution in [0.15, 0.2) is 42.5 Å². The smallest absolute Gasteiger partial charge is 0.137 e. The van der Waals surface area contributed by atoms with Crippen LogP contribution in [0, 0.1) is 6.92 Å². The molecule has 94 valence electrons. The van der Waals surface area contributed by atoms with E-state index in [1.165, 1.54) is 5.56 Å². The third-order valence-electron chi connectivity index (χ3n) is 2.89. The Balaban J connectivity index is 2.03. The highest BCUT2D eigenvalue weighted by atomic mass is 16.3. The van der Waals surface area contributed by atoms with Crippen LogP contribution in [0.25, 0.3) is 0 Å². The largest absolute Gasteiger partial charge is 0.506 e. The maximum Gasteiger partial charge on any atom is 0.137 e. The number of nitrogens with two attached hydrogens (primary N) is 1. The molecular weight excluding hydrogens is 224 g/mol. The Bertz CT molecular complexity index is 511. The van der Waals surface area contributed by atoms with Gasteiger partial charge in [-0.2, -0.15) is 0 Å². The second kappa shape index (κ2) is 5.65. The van der Waals surface area contributed by atoms with Crippen molar-refractivity contribution in [2.24, 2.45) is 5.73 Å². The molecule has 0 radical (unpaired) electrons. The fraction of sp³-hybridized carbons (Fsp3) is 0.267. The molecule has 3 nitrogen and oxygen atoms in total. The molecule has 0 fully saturated rings. The fourth-order valence-corrected chi connectivity index (χ4v) is 1.99. The summed E-state index contributed by atoms with van der Waals surface area (Å²) in [5.74, 6) is 0.226. The summed E-state index contributed by atoms with van der Waals surface area (Å²) in [6.45, 7) is 1.91. The van der Waals surface area contributed by atoms with Gasteiger partial charge in [0.15, 0.2) is 0 Å². The van der Waals surface area contributed by atoms with Crippen molar-refractivity contribution in [2.75, 3.05) is 0 Å². The van der Waals surface area contributed by atoms with Crippen LogP contribution in [-0.4, -0.2) is 16.1 Å². The quantitative estimate of drug-likeness (QED) is 0.864. The van der Waals surface area contributed by atoms with Crippen molar-refractivity contribution in [2.45, 2.75) is 25.8 Å². The zero-order chi connectivity index (χ0) is 13.0. The van der Waals surface area contributed by atoms with E-state index in [9.17, 15) is 5.11 Å². The van der Waals surface area contributed by atoms with Crippen LogP contribution in [0.4, 0.5) is 0 Å². The number of hydrogen-bond acceptors (Lipinski definition) is 3. The van der Waals surface area contributed by atoms with Gasteiger partial charge in [0.2, 0.25) is 0 Å². The molecule has 3 N–H and O–H groups in total. The zero-order valence-electron chi connectivity index (χ0n) is 10.5. The Labute approximate surface area is 107 Å². The molecule has 1 aromatic carbocycles. The van der Waals surface area contributed by atoms with Gasteiger partial charge in [-0.1, -0.05) is 30.3 Å². The van der Waals surface area contributed by atoms with Gasteiger partial charge in [-0.15, -0.1) is 0 Å².